The third kappa shape index (κ3) is 4.20. The fourth-order valence-electron chi connectivity index (χ4n) is 2.18. The van der Waals surface area contributed by atoms with Gasteiger partial charge in [-0.2, -0.15) is 0 Å². The zero-order chi connectivity index (χ0) is 13.7. The van der Waals surface area contributed by atoms with Crippen molar-refractivity contribution in [1.82, 2.24) is 9.88 Å². The summed E-state index contributed by atoms with van der Waals surface area (Å²) in [7, 11) is 0. The van der Waals surface area contributed by atoms with Gasteiger partial charge in [0.2, 0.25) is 11.8 Å². The van der Waals surface area contributed by atoms with Crippen LogP contribution in [0.3, 0.4) is 0 Å². The Kier molecular flexibility index (Phi) is 5.19. The van der Waals surface area contributed by atoms with Gasteiger partial charge in [0, 0.05) is 36.5 Å². The molecule has 0 aromatic carbocycles. The Morgan fingerprint density at radius 2 is 2.42 bits per heavy atom. The summed E-state index contributed by atoms with van der Waals surface area (Å²) in [6.07, 6.45) is 2.46. The average molecular weight is 327 g/mol. The number of carbonyl (C=O) groups excluding carboxylic acids is 1. The number of ether oxygens (including phenoxy) is 1. The molecule has 104 valence electrons. The van der Waals surface area contributed by atoms with Crippen LogP contribution in [0.4, 0.5) is 0 Å². The molecular formula is C14H19BrN2O2. The molecular weight excluding hydrogens is 308 g/mol. The van der Waals surface area contributed by atoms with Gasteiger partial charge in [0.1, 0.15) is 6.10 Å². The maximum Gasteiger partial charge on any atom is 0.222 e. The topological polar surface area (TPSA) is 42.4 Å². The zero-order valence-electron chi connectivity index (χ0n) is 11.1. The number of pyridine rings is 1. The van der Waals surface area contributed by atoms with E-state index in [2.05, 4.69) is 20.9 Å². The predicted octanol–water partition coefficient (Wildman–Crippen LogP) is 2.54. The SMILES string of the molecule is Cc1cccc(OC2CCN(C(=O)CCCBr)C2)n1. The van der Waals surface area contributed by atoms with E-state index < -0.39 is 0 Å². The number of amides is 1. The van der Waals surface area contributed by atoms with Crippen molar-refractivity contribution in [1.29, 1.82) is 0 Å². The number of likely N-dealkylation sites (tertiary alicyclic amines) is 1. The molecule has 2 heterocycles. The highest BCUT2D eigenvalue weighted by Crippen LogP contribution is 2.17. The molecule has 1 aliphatic heterocycles. The van der Waals surface area contributed by atoms with Crippen LogP contribution in [0.1, 0.15) is 25.0 Å². The lowest BCUT2D eigenvalue weighted by molar-refractivity contribution is -0.130. The van der Waals surface area contributed by atoms with Gasteiger partial charge in [-0.25, -0.2) is 4.98 Å². The Hall–Kier alpha value is -1.10. The van der Waals surface area contributed by atoms with Crippen LogP contribution in [-0.2, 0) is 4.79 Å². The molecule has 1 aromatic heterocycles. The van der Waals surface area contributed by atoms with Gasteiger partial charge in [-0.05, 0) is 19.4 Å². The highest BCUT2D eigenvalue weighted by molar-refractivity contribution is 9.09. The lowest BCUT2D eigenvalue weighted by atomic mass is 10.3. The summed E-state index contributed by atoms with van der Waals surface area (Å²) < 4.78 is 5.83. The number of halogens is 1. The van der Waals surface area contributed by atoms with Gasteiger partial charge in [-0.15, -0.1) is 0 Å². The first-order chi connectivity index (χ1) is 9.19. The summed E-state index contributed by atoms with van der Waals surface area (Å²) in [6, 6.07) is 5.74. The first-order valence-electron chi connectivity index (χ1n) is 6.63. The first-order valence-corrected chi connectivity index (χ1v) is 7.75. The molecule has 1 unspecified atom stereocenters. The third-order valence-corrected chi connectivity index (χ3v) is 3.73. The Morgan fingerprint density at radius 1 is 1.58 bits per heavy atom. The van der Waals surface area contributed by atoms with Crippen LogP contribution < -0.4 is 4.74 Å². The first kappa shape index (κ1) is 14.3. The lowest BCUT2D eigenvalue weighted by Gasteiger charge is -2.16. The number of aryl methyl sites for hydroxylation is 1. The second-order valence-electron chi connectivity index (χ2n) is 4.78. The van der Waals surface area contributed by atoms with E-state index >= 15 is 0 Å². The molecule has 19 heavy (non-hydrogen) atoms. The quantitative estimate of drug-likeness (QED) is 0.781. The maximum atomic E-state index is 11.9. The van der Waals surface area contributed by atoms with Gasteiger partial charge in [-0.1, -0.05) is 22.0 Å². The summed E-state index contributed by atoms with van der Waals surface area (Å²) in [4.78, 5) is 18.1. The second kappa shape index (κ2) is 6.89. The average Bonchev–Trinajstić information content (AvgIpc) is 2.84. The van der Waals surface area contributed by atoms with Crippen molar-refractivity contribution in [3.63, 3.8) is 0 Å². The number of hydrogen-bond donors (Lipinski definition) is 0. The van der Waals surface area contributed by atoms with Crippen molar-refractivity contribution < 1.29 is 9.53 Å². The molecule has 1 atom stereocenters. The van der Waals surface area contributed by atoms with E-state index in [4.69, 9.17) is 4.74 Å². The fourth-order valence-corrected chi connectivity index (χ4v) is 2.46. The van der Waals surface area contributed by atoms with Crippen molar-refractivity contribution in [3.05, 3.63) is 23.9 Å². The minimum Gasteiger partial charge on any atom is -0.472 e. The summed E-state index contributed by atoms with van der Waals surface area (Å²) >= 11 is 3.35. The molecule has 1 fully saturated rings. The molecule has 0 bridgehead atoms. The van der Waals surface area contributed by atoms with E-state index in [0.29, 0.717) is 18.8 Å². The molecule has 4 nitrogen and oxygen atoms in total. The van der Waals surface area contributed by atoms with Crippen LogP contribution in [0.15, 0.2) is 18.2 Å². The number of nitrogens with zero attached hydrogens (tertiary/aromatic N) is 2. The van der Waals surface area contributed by atoms with Crippen molar-refractivity contribution in [2.45, 2.75) is 32.3 Å². The monoisotopic (exact) mass is 326 g/mol. The van der Waals surface area contributed by atoms with Crippen molar-refractivity contribution >= 4 is 21.8 Å². The number of rotatable bonds is 5. The Morgan fingerprint density at radius 3 is 3.16 bits per heavy atom. The van der Waals surface area contributed by atoms with Gasteiger partial charge >= 0.3 is 0 Å². The lowest BCUT2D eigenvalue weighted by Crippen LogP contribution is -2.30. The van der Waals surface area contributed by atoms with E-state index in [1.165, 1.54) is 0 Å². The summed E-state index contributed by atoms with van der Waals surface area (Å²) in [5.74, 6) is 0.877. The van der Waals surface area contributed by atoms with E-state index in [9.17, 15) is 4.79 Å². The molecule has 1 saturated heterocycles. The maximum absolute atomic E-state index is 11.9. The smallest absolute Gasteiger partial charge is 0.222 e. The van der Waals surface area contributed by atoms with E-state index in [0.717, 1.165) is 30.4 Å². The van der Waals surface area contributed by atoms with E-state index in [1.54, 1.807) is 0 Å². The summed E-state index contributed by atoms with van der Waals surface area (Å²) in [6.45, 7) is 3.41. The molecule has 0 saturated carbocycles. The number of hydrogen-bond acceptors (Lipinski definition) is 3. The minimum atomic E-state index is 0.0715. The molecule has 0 N–H and O–H groups in total. The van der Waals surface area contributed by atoms with E-state index in [1.807, 2.05) is 30.0 Å². The van der Waals surface area contributed by atoms with Crippen LogP contribution in [0.2, 0.25) is 0 Å². The van der Waals surface area contributed by atoms with Crippen LogP contribution >= 0.6 is 15.9 Å². The largest absolute Gasteiger partial charge is 0.472 e. The van der Waals surface area contributed by atoms with Crippen LogP contribution in [-0.4, -0.2) is 40.3 Å². The standard InChI is InChI=1S/C14H19BrN2O2/c1-11-4-2-5-13(16-11)19-12-7-9-17(10-12)14(18)6-3-8-15/h2,4-5,12H,3,6-10H2,1H3. The van der Waals surface area contributed by atoms with Crippen molar-refractivity contribution in [2.24, 2.45) is 0 Å². The normalized spacial score (nSPS) is 18.6. The second-order valence-corrected chi connectivity index (χ2v) is 5.57. The zero-order valence-corrected chi connectivity index (χ0v) is 12.7. The van der Waals surface area contributed by atoms with Gasteiger partial charge in [0.15, 0.2) is 0 Å². The highest BCUT2D eigenvalue weighted by Gasteiger charge is 2.27. The van der Waals surface area contributed by atoms with Crippen LogP contribution in [0, 0.1) is 6.92 Å². The van der Waals surface area contributed by atoms with Gasteiger partial charge < -0.3 is 9.64 Å². The third-order valence-electron chi connectivity index (χ3n) is 3.17. The molecule has 0 radical (unpaired) electrons. The summed E-state index contributed by atoms with van der Waals surface area (Å²) in [5.41, 5.74) is 0.945. The molecule has 2 rings (SSSR count). The molecule has 0 aliphatic carbocycles. The Balaban J connectivity index is 1.83. The van der Waals surface area contributed by atoms with Gasteiger partial charge in [0.25, 0.3) is 0 Å². The van der Waals surface area contributed by atoms with Gasteiger partial charge in [-0.3, -0.25) is 4.79 Å². The fraction of sp³-hybridized carbons (Fsp3) is 0.571. The molecule has 0 spiro atoms. The molecule has 1 aromatic rings. The van der Waals surface area contributed by atoms with Crippen LogP contribution in [0.5, 0.6) is 5.88 Å². The number of carbonyl (C=O) groups is 1. The Labute approximate surface area is 122 Å². The van der Waals surface area contributed by atoms with Crippen molar-refractivity contribution in [3.8, 4) is 5.88 Å². The van der Waals surface area contributed by atoms with Gasteiger partial charge in [0.05, 0.1) is 6.54 Å². The number of alkyl halides is 1. The van der Waals surface area contributed by atoms with Crippen molar-refractivity contribution in [2.75, 3.05) is 18.4 Å². The number of aromatic nitrogens is 1. The molecule has 5 heteroatoms. The summed E-state index contributed by atoms with van der Waals surface area (Å²) in [5, 5.41) is 0.875. The molecule has 1 aliphatic rings. The van der Waals surface area contributed by atoms with Crippen LogP contribution in [0.25, 0.3) is 0 Å². The predicted molar refractivity (Wildman–Crippen MR) is 77.6 cm³/mol. The molecule has 1 amide bonds. The van der Waals surface area contributed by atoms with E-state index in [-0.39, 0.29) is 12.0 Å². The minimum absolute atomic E-state index is 0.0715. The highest BCUT2D eigenvalue weighted by atomic mass is 79.9. The Bertz CT molecular complexity index is 439.